The van der Waals surface area contributed by atoms with Crippen molar-refractivity contribution in [2.24, 2.45) is 0 Å². The summed E-state index contributed by atoms with van der Waals surface area (Å²) >= 11 is 2.62. The van der Waals surface area contributed by atoms with Gasteiger partial charge in [-0.1, -0.05) is 41.7 Å². The molecular formula is C24H27N3O6S2. The Bertz CT molecular complexity index is 1140. The van der Waals surface area contributed by atoms with Gasteiger partial charge in [-0.25, -0.2) is 14.6 Å². The lowest BCUT2D eigenvalue weighted by Crippen LogP contribution is -2.47. The molecule has 186 valence electrons. The molecule has 0 unspecified atom stereocenters. The van der Waals surface area contributed by atoms with Crippen molar-refractivity contribution >= 4 is 52.0 Å². The number of amides is 2. The maximum atomic E-state index is 13.3. The number of aromatic nitrogens is 1. The average molecular weight is 518 g/mol. The number of aryl methyl sites for hydroxylation is 1. The number of ether oxygens (including phenoxy) is 2. The van der Waals surface area contributed by atoms with Gasteiger partial charge in [-0.3, -0.25) is 14.5 Å². The number of thioether (sulfide) groups is 1. The van der Waals surface area contributed by atoms with E-state index in [1.54, 1.807) is 30.5 Å². The Morgan fingerprint density at radius 2 is 1.97 bits per heavy atom. The highest BCUT2D eigenvalue weighted by atomic mass is 32.2. The van der Waals surface area contributed by atoms with Gasteiger partial charge in [0.1, 0.15) is 10.9 Å². The van der Waals surface area contributed by atoms with Crippen molar-refractivity contribution in [3.8, 4) is 0 Å². The number of anilines is 1. The van der Waals surface area contributed by atoms with Crippen LogP contribution in [-0.2, 0) is 30.4 Å². The lowest BCUT2D eigenvalue weighted by molar-refractivity contribution is -0.155. The molecule has 3 heterocycles. The molecule has 2 atom stereocenters. The molecule has 35 heavy (non-hydrogen) atoms. The van der Waals surface area contributed by atoms with Gasteiger partial charge in [0.15, 0.2) is 11.7 Å². The van der Waals surface area contributed by atoms with Crippen LogP contribution in [0.5, 0.6) is 0 Å². The van der Waals surface area contributed by atoms with E-state index in [9.17, 15) is 19.2 Å². The third kappa shape index (κ3) is 5.20. The molecule has 0 bridgehead atoms. The Balaban J connectivity index is 1.50. The van der Waals surface area contributed by atoms with Crippen LogP contribution in [0.15, 0.2) is 30.3 Å². The van der Waals surface area contributed by atoms with E-state index in [1.807, 2.05) is 37.3 Å². The van der Waals surface area contributed by atoms with Gasteiger partial charge in [-0.15, -0.1) is 11.8 Å². The molecule has 2 amide bonds. The van der Waals surface area contributed by atoms with Crippen molar-refractivity contribution in [3.63, 3.8) is 0 Å². The molecule has 2 aliphatic rings. The molecule has 2 fully saturated rings. The van der Waals surface area contributed by atoms with Gasteiger partial charge in [0.25, 0.3) is 5.91 Å². The van der Waals surface area contributed by atoms with Crippen LogP contribution in [0.1, 0.15) is 47.6 Å². The molecule has 0 radical (unpaired) electrons. The minimum absolute atomic E-state index is 0.0683. The van der Waals surface area contributed by atoms with Gasteiger partial charge >= 0.3 is 11.9 Å². The molecule has 11 heteroatoms. The molecular weight excluding hydrogens is 490 g/mol. The fourth-order valence-corrected chi connectivity index (χ4v) is 6.61. The Hall–Kier alpha value is -2.92. The van der Waals surface area contributed by atoms with Gasteiger partial charge in [-0.2, -0.15) is 0 Å². The first-order chi connectivity index (χ1) is 16.7. The van der Waals surface area contributed by atoms with Gasteiger partial charge in [-0.05, 0) is 32.8 Å². The number of benzene rings is 1. The standard InChI is InChI=1S/C24H27N3O6S2/c1-4-32-22(31)20-15(2)25-23(35-20)26(12-16-8-6-5-7-9-16)19(29)13-33-21(30)17-14-34-24(3)11-10-18(28)27(17)24/h5-9,17H,4,10-14H2,1-3H3/t17-,24-/m1/s1. The largest absolute Gasteiger partial charge is 0.462 e. The van der Waals surface area contributed by atoms with Crippen LogP contribution in [0, 0.1) is 6.92 Å². The van der Waals surface area contributed by atoms with E-state index in [2.05, 4.69) is 4.98 Å². The SMILES string of the molecule is CCOC(=O)c1sc(N(Cc2ccccc2)C(=O)COC(=O)[C@H]2CS[C@]3(C)CCC(=O)N23)nc1C. The molecule has 2 saturated heterocycles. The summed E-state index contributed by atoms with van der Waals surface area (Å²) in [6.45, 7) is 5.27. The van der Waals surface area contributed by atoms with Crippen LogP contribution < -0.4 is 4.90 Å². The van der Waals surface area contributed by atoms with E-state index < -0.39 is 35.4 Å². The lowest BCUT2D eigenvalue weighted by Gasteiger charge is -2.29. The fourth-order valence-electron chi connectivity index (χ4n) is 4.21. The van der Waals surface area contributed by atoms with Crippen LogP contribution in [-0.4, -0.2) is 63.5 Å². The van der Waals surface area contributed by atoms with Gasteiger partial charge in [0.05, 0.1) is 23.7 Å². The predicted octanol–water partition coefficient (Wildman–Crippen LogP) is 3.16. The predicted molar refractivity (Wildman–Crippen MR) is 132 cm³/mol. The summed E-state index contributed by atoms with van der Waals surface area (Å²) in [6, 6.07) is 8.63. The number of esters is 2. The third-order valence-electron chi connectivity index (χ3n) is 6.02. The number of nitrogens with zero attached hydrogens (tertiary/aromatic N) is 3. The molecule has 0 aliphatic carbocycles. The Kier molecular flexibility index (Phi) is 7.46. The first-order valence-electron chi connectivity index (χ1n) is 11.3. The van der Waals surface area contributed by atoms with Crippen LogP contribution in [0.4, 0.5) is 5.13 Å². The van der Waals surface area contributed by atoms with Crippen LogP contribution >= 0.6 is 23.1 Å². The number of hydrogen-bond donors (Lipinski definition) is 0. The summed E-state index contributed by atoms with van der Waals surface area (Å²) in [4.78, 5) is 58.0. The van der Waals surface area contributed by atoms with E-state index in [0.717, 1.165) is 16.9 Å². The number of fused-ring (bicyclic) bond motifs is 1. The number of carbonyl (C=O) groups excluding carboxylic acids is 4. The van der Waals surface area contributed by atoms with Crippen molar-refractivity contribution < 1.29 is 28.7 Å². The van der Waals surface area contributed by atoms with Crippen LogP contribution in [0.2, 0.25) is 0 Å². The Morgan fingerprint density at radius 3 is 2.69 bits per heavy atom. The average Bonchev–Trinajstić information content (AvgIpc) is 3.49. The molecule has 9 nitrogen and oxygen atoms in total. The Labute approximate surface area is 211 Å². The maximum absolute atomic E-state index is 13.3. The molecule has 1 aromatic carbocycles. The molecule has 0 saturated carbocycles. The number of hydrogen-bond acceptors (Lipinski definition) is 9. The third-order valence-corrected chi connectivity index (χ3v) is 8.68. The molecule has 1 aromatic heterocycles. The molecule has 2 aliphatic heterocycles. The van der Waals surface area contributed by atoms with Crippen molar-refractivity contribution in [1.82, 2.24) is 9.88 Å². The first-order valence-corrected chi connectivity index (χ1v) is 13.2. The van der Waals surface area contributed by atoms with E-state index >= 15 is 0 Å². The van der Waals surface area contributed by atoms with E-state index in [4.69, 9.17) is 9.47 Å². The van der Waals surface area contributed by atoms with Crippen LogP contribution in [0.3, 0.4) is 0 Å². The summed E-state index contributed by atoms with van der Waals surface area (Å²) in [5.74, 6) is -1.19. The normalized spacial score (nSPS) is 21.1. The van der Waals surface area contributed by atoms with Crippen molar-refractivity contribution in [2.75, 3.05) is 23.9 Å². The van der Waals surface area contributed by atoms with Gasteiger partial charge in [0.2, 0.25) is 5.91 Å². The number of carbonyl (C=O) groups is 4. The maximum Gasteiger partial charge on any atom is 0.350 e. The monoisotopic (exact) mass is 517 g/mol. The van der Waals surface area contributed by atoms with Crippen molar-refractivity contribution in [3.05, 3.63) is 46.5 Å². The highest BCUT2D eigenvalue weighted by Gasteiger charge is 2.53. The fraction of sp³-hybridized carbons (Fsp3) is 0.458. The smallest absolute Gasteiger partial charge is 0.350 e. The van der Waals surface area contributed by atoms with E-state index in [1.165, 1.54) is 4.90 Å². The van der Waals surface area contributed by atoms with Crippen LogP contribution in [0.25, 0.3) is 0 Å². The number of thiazole rings is 1. The topological polar surface area (TPSA) is 106 Å². The second-order valence-corrected chi connectivity index (χ2v) is 10.9. The lowest BCUT2D eigenvalue weighted by atomic mass is 10.2. The van der Waals surface area contributed by atoms with Gasteiger partial charge in [0, 0.05) is 12.2 Å². The summed E-state index contributed by atoms with van der Waals surface area (Å²) in [6.07, 6.45) is 1.10. The summed E-state index contributed by atoms with van der Waals surface area (Å²) in [7, 11) is 0. The quantitative estimate of drug-likeness (QED) is 0.492. The van der Waals surface area contributed by atoms with E-state index in [0.29, 0.717) is 34.3 Å². The highest BCUT2D eigenvalue weighted by molar-refractivity contribution is 8.01. The Morgan fingerprint density at radius 1 is 1.23 bits per heavy atom. The minimum Gasteiger partial charge on any atom is -0.462 e. The highest BCUT2D eigenvalue weighted by Crippen LogP contribution is 2.47. The van der Waals surface area contributed by atoms with Gasteiger partial charge < -0.3 is 14.4 Å². The molecule has 2 aromatic rings. The number of rotatable bonds is 8. The second kappa shape index (κ2) is 10.4. The zero-order chi connectivity index (χ0) is 25.2. The molecule has 4 rings (SSSR count). The minimum atomic E-state index is -0.701. The first kappa shape index (κ1) is 25.2. The van der Waals surface area contributed by atoms with E-state index in [-0.39, 0.29) is 19.1 Å². The molecule has 0 spiro atoms. The van der Waals surface area contributed by atoms with Crippen molar-refractivity contribution in [1.29, 1.82) is 0 Å². The van der Waals surface area contributed by atoms with Crippen molar-refractivity contribution in [2.45, 2.75) is 51.1 Å². The summed E-state index contributed by atoms with van der Waals surface area (Å²) in [5, 5.41) is 0.314. The zero-order valence-corrected chi connectivity index (χ0v) is 21.4. The molecule has 0 N–H and O–H groups in total. The second-order valence-electron chi connectivity index (χ2n) is 8.47. The summed E-state index contributed by atoms with van der Waals surface area (Å²) in [5.41, 5.74) is 1.31. The zero-order valence-electron chi connectivity index (χ0n) is 19.8. The summed E-state index contributed by atoms with van der Waals surface area (Å²) < 4.78 is 10.5.